The van der Waals surface area contributed by atoms with Crippen LogP contribution in [-0.4, -0.2) is 55.8 Å². The molecule has 2 aromatic rings. The Kier molecular flexibility index (Phi) is 7.90. The van der Waals surface area contributed by atoms with Crippen LogP contribution in [0.25, 0.3) is 5.57 Å². The van der Waals surface area contributed by atoms with Crippen LogP contribution in [0.5, 0.6) is 0 Å². The van der Waals surface area contributed by atoms with Gasteiger partial charge >= 0.3 is 6.18 Å². The van der Waals surface area contributed by atoms with Gasteiger partial charge in [0.05, 0.1) is 29.8 Å². The van der Waals surface area contributed by atoms with Crippen molar-refractivity contribution in [3.05, 3.63) is 77.5 Å². The number of anilines is 1. The molecule has 0 N–H and O–H groups in total. The number of benzene rings is 1. The summed E-state index contributed by atoms with van der Waals surface area (Å²) in [6.45, 7) is 9.35. The van der Waals surface area contributed by atoms with Crippen molar-refractivity contribution < 1.29 is 17.9 Å². The van der Waals surface area contributed by atoms with Gasteiger partial charge in [-0.1, -0.05) is 24.8 Å². The number of allylic oxidation sites excluding steroid dienone is 1. The molecule has 0 bridgehead atoms. The van der Waals surface area contributed by atoms with E-state index in [0.29, 0.717) is 37.6 Å². The first-order valence-electron chi connectivity index (χ1n) is 10.6. The van der Waals surface area contributed by atoms with Crippen LogP contribution in [-0.2, 0) is 10.9 Å². The smallest absolute Gasteiger partial charge is 0.383 e. The standard InChI is InChI=1S/C25H27F3N4O/c1-4-20(18(2)21-7-5-19(13-29)6-8-21)15-31-11-12-32(23(16-31)17-33-3)24-10-9-22(14-30-24)25(26,27)28/h4-10,14,23H,2,11-12,15-17H2,1,3H3/b20-4-/t23-/m0/s1. The molecule has 5 nitrogen and oxygen atoms in total. The zero-order valence-electron chi connectivity index (χ0n) is 18.8. The number of nitrogens with zero attached hydrogens (tertiary/aromatic N) is 4. The SMILES string of the molecule is C=C(/C(=C\C)CN1CCN(c2ccc(C(F)(F)F)cn2)[C@H](COC)C1)c1ccc(C#N)cc1. The Balaban J connectivity index is 1.70. The fraction of sp³-hybridized carbons (Fsp3) is 0.360. The zero-order chi connectivity index (χ0) is 24.0. The van der Waals surface area contributed by atoms with Gasteiger partial charge in [-0.2, -0.15) is 18.4 Å². The summed E-state index contributed by atoms with van der Waals surface area (Å²) in [5.74, 6) is 0.512. The first-order chi connectivity index (χ1) is 15.8. The molecule has 3 rings (SSSR count). The van der Waals surface area contributed by atoms with Crippen molar-refractivity contribution in [1.29, 1.82) is 5.26 Å². The first kappa shape index (κ1) is 24.5. The number of aromatic nitrogens is 1. The number of piperazine rings is 1. The summed E-state index contributed by atoms with van der Waals surface area (Å²) in [4.78, 5) is 8.36. The Labute approximate surface area is 192 Å². The molecule has 0 amide bonds. The fourth-order valence-corrected chi connectivity index (χ4v) is 3.96. The monoisotopic (exact) mass is 456 g/mol. The van der Waals surface area contributed by atoms with Crippen molar-refractivity contribution in [2.75, 3.05) is 44.8 Å². The molecule has 0 unspecified atom stereocenters. The Morgan fingerprint density at radius 1 is 1.24 bits per heavy atom. The van der Waals surface area contributed by atoms with E-state index in [9.17, 15) is 13.2 Å². The molecule has 174 valence electrons. The van der Waals surface area contributed by atoms with Gasteiger partial charge in [0.1, 0.15) is 5.82 Å². The van der Waals surface area contributed by atoms with Crippen molar-refractivity contribution in [1.82, 2.24) is 9.88 Å². The van der Waals surface area contributed by atoms with Gasteiger partial charge < -0.3 is 9.64 Å². The van der Waals surface area contributed by atoms with Gasteiger partial charge in [-0.3, -0.25) is 4.90 Å². The Hall–Kier alpha value is -3.15. The highest BCUT2D eigenvalue weighted by atomic mass is 19.4. The number of nitriles is 1. The summed E-state index contributed by atoms with van der Waals surface area (Å²) in [5, 5.41) is 9.00. The van der Waals surface area contributed by atoms with Crippen molar-refractivity contribution in [2.45, 2.75) is 19.1 Å². The van der Waals surface area contributed by atoms with E-state index in [-0.39, 0.29) is 6.04 Å². The number of pyridine rings is 1. The molecule has 1 aromatic carbocycles. The van der Waals surface area contributed by atoms with Gasteiger partial charge in [-0.15, -0.1) is 0 Å². The molecule has 33 heavy (non-hydrogen) atoms. The molecule has 1 aliphatic heterocycles. The molecule has 1 saturated heterocycles. The maximum absolute atomic E-state index is 12.9. The lowest BCUT2D eigenvalue weighted by Gasteiger charge is -2.42. The third-order valence-electron chi connectivity index (χ3n) is 5.79. The maximum Gasteiger partial charge on any atom is 0.417 e. The van der Waals surface area contributed by atoms with E-state index >= 15 is 0 Å². The average molecular weight is 457 g/mol. The molecule has 2 heterocycles. The van der Waals surface area contributed by atoms with E-state index in [4.69, 9.17) is 10.00 Å². The molecular formula is C25H27F3N4O. The Bertz CT molecular complexity index is 1020. The quantitative estimate of drug-likeness (QED) is 0.562. The third kappa shape index (κ3) is 6.01. The van der Waals surface area contributed by atoms with E-state index in [1.807, 2.05) is 30.0 Å². The summed E-state index contributed by atoms with van der Waals surface area (Å²) in [6, 6.07) is 11.9. The van der Waals surface area contributed by atoms with Gasteiger partial charge in [0.25, 0.3) is 0 Å². The first-order valence-corrected chi connectivity index (χ1v) is 10.6. The van der Waals surface area contributed by atoms with Gasteiger partial charge in [0, 0.05) is 39.5 Å². The van der Waals surface area contributed by atoms with Crippen molar-refractivity contribution in [2.24, 2.45) is 0 Å². The Morgan fingerprint density at radius 2 is 1.97 bits per heavy atom. The van der Waals surface area contributed by atoms with Crippen LogP contribution in [0, 0.1) is 11.3 Å². The highest BCUT2D eigenvalue weighted by Gasteiger charge is 2.32. The van der Waals surface area contributed by atoms with E-state index in [0.717, 1.165) is 35.5 Å². The minimum absolute atomic E-state index is 0.0470. The van der Waals surface area contributed by atoms with Gasteiger partial charge in [0.2, 0.25) is 0 Å². The highest BCUT2D eigenvalue weighted by Crippen LogP contribution is 2.30. The lowest BCUT2D eigenvalue weighted by molar-refractivity contribution is -0.137. The van der Waals surface area contributed by atoms with Crippen LogP contribution in [0.2, 0.25) is 0 Å². The van der Waals surface area contributed by atoms with Gasteiger partial charge in [0.15, 0.2) is 0 Å². The second kappa shape index (κ2) is 10.6. The molecule has 1 fully saturated rings. The summed E-state index contributed by atoms with van der Waals surface area (Å²) in [6.07, 6.45) is -1.49. The molecular weight excluding hydrogens is 429 g/mol. The van der Waals surface area contributed by atoms with Crippen LogP contribution in [0.15, 0.2) is 60.8 Å². The number of hydrogen-bond acceptors (Lipinski definition) is 5. The van der Waals surface area contributed by atoms with Crippen LogP contribution in [0.4, 0.5) is 19.0 Å². The number of alkyl halides is 3. The number of methoxy groups -OCH3 is 1. The average Bonchev–Trinajstić information content (AvgIpc) is 2.82. The molecule has 0 aliphatic carbocycles. The number of rotatable bonds is 7. The molecule has 0 saturated carbocycles. The normalized spacial score (nSPS) is 17.6. The van der Waals surface area contributed by atoms with Crippen LogP contribution < -0.4 is 4.90 Å². The zero-order valence-corrected chi connectivity index (χ0v) is 18.8. The predicted molar refractivity (Wildman–Crippen MR) is 123 cm³/mol. The van der Waals surface area contributed by atoms with E-state index in [1.54, 1.807) is 19.2 Å². The molecule has 1 aliphatic rings. The highest BCUT2D eigenvalue weighted by molar-refractivity contribution is 5.77. The summed E-state index contributed by atoms with van der Waals surface area (Å²) >= 11 is 0. The van der Waals surface area contributed by atoms with Crippen LogP contribution in [0.1, 0.15) is 23.6 Å². The van der Waals surface area contributed by atoms with E-state index in [1.165, 1.54) is 6.07 Å². The molecule has 0 spiro atoms. The van der Waals surface area contributed by atoms with Gasteiger partial charge in [-0.05, 0) is 47.9 Å². The second-order valence-corrected chi connectivity index (χ2v) is 7.92. The van der Waals surface area contributed by atoms with E-state index in [2.05, 4.69) is 22.5 Å². The van der Waals surface area contributed by atoms with Crippen molar-refractivity contribution in [3.8, 4) is 6.07 Å². The van der Waals surface area contributed by atoms with E-state index < -0.39 is 11.7 Å². The summed E-state index contributed by atoms with van der Waals surface area (Å²) in [7, 11) is 1.61. The minimum Gasteiger partial charge on any atom is -0.383 e. The largest absolute Gasteiger partial charge is 0.417 e. The molecule has 0 radical (unpaired) electrons. The summed E-state index contributed by atoms with van der Waals surface area (Å²) in [5.41, 5.74) is 2.79. The van der Waals surface area contributed by atoms with Crippen LogP contribution in [0.3, 0.4) is 0 Å². The predicted octanol–water partition coefficient (Wildman–Crippen LogP) is 4.77. The fourth-order valence-electron chi connectivity index (χ4n) is 3.96. The Morgan fingerprint density at radius 3 is 2.52 bits per heavy atom. The van der Waals surface area contributed by atoms with Gasteiger partial charge in [-0.25, -0.2) is 4.98 Å². The number of hydrogen-bond donors (Lipinski definition) is 0. The molecule has 8 heteroatoms. The second-order valence-electron chi connectivity index (χ2n) is 7.92. The van der Waals surface area contributed by atoms with Crippen molar-refractivity contribution >= 4 is 11.4 Å². The summed E-state index contributed by atoms with van der Waals surface area (Å²) < 4.78 is 44.0. The molecule has 1 aromatic heterocycles. The minimum atomic E-state index is -4.41. The lowest BCUT2D eigenvalue weighted by Crippen LogP contribution is -2.55. The number of halogens is 3. The topological polar surface area (TPSA) is 52.4 Å². The van der Waals surface area contributed by atoms with Crippen LogP contribution >= 0.6 is 0 Å². The number of ether oxygens (including phenoxy) is 1. The molecule has 1 atom stereocenters. The lowest BCUT2D eigenvalue weighted by atomic mass is 9.97. The maximum atomic E-state index is 12.9. The van der Waals surface area contributed by atoms with Crippen molar-refractivity contribution in [3.63, 3.8) is 0 Å². The third-order valence-corrected chi connectivity index (χ3v) is 5.79.